The van der Waals surface area contributed by atoms with Crippen molar-refractivity contribution in [3.63, 3.8) is 0 Å². The lowest BCUT2D eigenvalue weighted by Crippen LogP contribution is -2.56. The molecule has 160 valence electrons. The molecule has 1 aromatic carbocycles. The van der Waals surface area contributed by atoms with Crippen LogP contribution in [0.3, 0.4) is 0 Å². The third-order valence-corrected chi connectivity index (χ3v) is 5.33. The van der Waals surface area contributed by atoms with Gasteiger partial charge in [0, 0.05) is 0 Å². The minimum atomic E-state index is -5.89. The number of ether oxygens (including phenoxy) is 2. The van der Waals surface area contributed by atoms with Crippen LogP contribution in [0.4, 0.5) is 26.3 Å². The highest BCUT2D eigenvalue weighted by atomic mass is 32.2. The van der Waals surface area contributed by atoms with Crippen LogP contribution in [0.25, 0.3) is 0 Å². The number of nitrogens with zero attached hydrogens (tertiary/aromatic N) is 3. The maximum absolute atomic E-state index is 13.6. The van der Waals surface area contributed by atoms with Gasteiger partial charge in [0.1, 0.15) is 10.1 Å². The molecule has 1 aliphatic rings. The molecule has 0 N–H and O–H groups in total. The van der Waals surface area contributed by atoms with E-state index < -0.39 is 29.9 Å². The summed E-state index contributed by atoms with van der Waals surface area (Å²) in [6.45, 7) is 1.73. The number of aliphatic imine (C=N–C) groups is 3. The second-order valence-electron chi connectivity index (χ2n) is 5.30. The third-order valence-electron chi connectivity index (χ3n) is 3.45. The van der Waals surface area contributed by atoms with E-state index in [2.05, 4.69) is 15.0 Å². The minimum Gasteiger partial charge on any atom is -0.493 e. The first-order valence-corrected chi connectivity index (χ1v) is 10.3. The van der Waals surface area contributed by atoms with Gasteiger partial charge < -0.3 is 9.47 Å². The Labute approximate surface area is 170 Å². The molecule has 0 aliphatic carbocycles. The van der Waals surface area contributed by atoms with E-state index in [1.807, 2.05) is 0 Å². The highest BCUT2D eigenvalue weighted by Crippen LogP contribution is 2.49. The fourth-order valence-corrected chi connectivity index (χ4v) is 3.20. The number of rotatable bonds is 3. The Morgan fingerprint density at radius 1 is 1.07 bits per heavy atom. The van der Waals surface area contributed by atoms with E-state index >= 15 is 0 Å². The topological polar surface area (TPSA) is 55.5 Å². The van der Waals surface area contributed by atoms with Gasteiger partial charge in [-0.25, -0.2) is 4.99 Å². The van der Waals surface area contributed by atoms with Crippen LogP contribution in [0.2, 0.25) is 0 Å². The third kappa shape index (κ3) is 4.82. The van der Waals surface area contributed by atoms with Crippen molar-refractivity contribution >= 4 is 39.8 Å². The Bertz CT molecular complexity index is 817. The molecule has 0 spiro atoms. The molecule has 1 aliphatic heterocycles. The van der Waals surface area contributed by atoms with Gasteiger partial charge in [-0.3, -0.25) is 0 Å². The summed E-state index contributed by atoms with van der Waals surface area (Å²) in [7, 11) is 0. The Morgan fingerprint density at radius 2 is 1.66 bits per heavy atom. The molecule has 0 atom stereocenters. The molecule has 0 saturated heterocycles. The summed E-state index contributed by atoms with van der Waals surface area (Å²) < 4.78 is 92.3. The molecule has 2 rings (SSSR count). The number of hydrogen-bond acceptors (Lipinski definition) is 7. The van der Waals surface area contributed by atoms with Crippen LogP contribution in [0, 0.1) is 0 Å². The van der Waals surface area contributed by atoms with Gasteiger partial charge in [0.25, 0.3) is 0 Å². The number of benzene rings is 1. The molecule has 0 bridgehead atoms. The maximum Gasteiger partial charge on any atom is 0.443 e. The zero-order valence-corrected chi connectivity index (χ0v) is 16.9. The van der Waals surface area contributed by atoms with E-state index in [0.29, 0.717) is 0 Å². The summed E-state index contributed by atoms with van der Waals surface area (Å²) in [5.41, 5.74) is -4.95. The standard InChI is InChI=1S/C16H15F6N3O2S2/c1-4-26-10-8-6-5-7-9(10)11-24-14(15(17,18)19,16(20,21)22)25-12(27-11)23-13(28-2)29-3/h5-8H,4H2,1-3H3. The lowest BCUT2D eigenvalue weighted by Gasteiger charge is -2.33. The first-order chi connectivity index (χ1) is 13.5. The molecular weight excluding hydrogens is 444 g/mol. The van der Waals surface area contributed by atoms with Gasteiger partial charge in [0.05, 0.1) is 12.2 Å². The predicted molar refractivity (Wildman–Crippen MR) is 102 cm³/mol. The van der Waals surface area contributed by atoms with Gasteiger partial charge in [-0.1, -0.05) is 12.1 Å². The van der Waals surface area contributed by atoms with Crippen molar-refractivity contribution in [2.24, 2.45) is 15.0 Å². The molecule has 0 aromatic heterocycles. The largest absolute Gasteiger partial charge is 0.493 e. The average molecular weight is 459 g/mol. The van der Waals surface area contributed by atoms with E-state index in [1.54, 1.807) is 19.4 Å². The molecule has 1 aromatic rings. The molecule has 0 amide bonds. The maximum atomic E-state index is 13.6. The van der Waals surface area contributed by atoms with E-state index in [4.69, 9.17) is 9.47 Å². The van der Waals surface area contributed by atoms with Crippen LogP contribution in [0.5, 0.6) is 5.75 Å². The number of thioether (sulfide) groups is 2. The molecule has 0 unspecified atom stereocenters. The van der Waals surface area contributed by atoms with E-state index in [0.717, 1.165) is 23.5 Å². The predicted octanol–water partition coefficient (Wildman–Crippen LogP) is 5.12. The quantitative estimate of drug-likeness (QED) is 0.358. The molecule has 13 heteroatoms. The summed E-state index contributed by atoms with van der Waals surface area (Å²) in [5.74, 6) is -0.939. The Hall–Kier alpha value is -1.89. The summed E-state index contributed by atoms with van der Waals surface area (Å²) in [6.07, 6.45) is -8.67. The average Bonchev–Trinajstić information content (AvgIpc) is 2.64. The van der Waals surface area contributed by atoms with Crippen LogP contribution in [0.15, 0.2) is 39.2 Å². The monoisotopic (exact) mass is 459 g/mol. The minimum absolute atomic E-state index is 0.00665. The Kier molecular flexibility index (Phi) is 7.14. The zero-order chi connectivity index (χ0) is 21.9. The number of amidine groups is 1. The van der Waals surface area contributed by atoms with E-state index in [9.17, 15) is 26.3 Å². The smallest absolute Gasteiger partial charge is 0.443 e. The van der Waals surface area contributed by atoms with Gasteiger partial charge >= 0.3 is 24.0 Å². The highest BCUT2D eigenvalue weighted by Gasteiger charge is 2.74. The van der Waals surface area contributed by atoms with Gasteiger partial charge in [0.15, 0.2) is 0 Å². The van der Waals surface area contributed by atoms with Gasteiger partial charge in [-0.05, 0) is 31.6 Å². The first-order valence-electron chi connectivity index (χ1n) is 7.89. The van der Waals surface area contributed by atoms with Crippen LogP contribution >= 0.6 is 23.5 Å². The van der Waals surface area contributed by atoms with Crippen molar-refractivity contribution in [1.82, 2.24) is 0 Å². The molecule has 29 heavy (non-hydrogen) atoms. The number of alkyl halides is 6. The first kappa shape index (κ1) is 23.4. The number of hydrogen-bond donors (Lipinski definition) is 0. The second kappa shape index (κ2) is 8.86. The SMILES string of the molecule is CCOc1ccccc1C1=NC(C(F)(F)F)(C(F)(F)F)N=C(N=C(SC)SC)O1. The molecular formula is C16H15F6N3O2S2. The van der Waals surface area contributed by atoms with Gasteiger partial charge in [-0.2, -0.15) is 36.3 Å². The Balaban J connectivity index is 2.76. The summed E-state index contributed by atoms with van der Waals surface area (Å²) in [4.78, 5) is 9.31. The number of para-hydroxylation sites is 1. The number of halogens is 6. The second-order valence-corrected chi connectivity index (χ2v) is 7.14. The normalized spacial score (nSPS) is 16.4. The van der Waals surface area contributed by atoms with Crippen LogP contribution < -0.4 is 4.74 Å². The van der Waals surface area contributed by atoms with Crippen LogP contribution in [-0.4, -0.2) is 53.4 Å². The molecule has 0 radical (unpaired) electrons. The van der Waals surface area contributed by atoms with Crippen molar-refractivity contribution < 1.29 is 35.8 Å². The van der Waals surface area contributed by atoms with E-state index in [1.165, 1.54) is 24.3 Å². The van der Waals surface area contributed by atoms with Crippen molar-refractivity contribution in [3.05, 3.63) is 29.8 Å². The summed E-state index contributed by atoms with van der Waals surface area (Å²) in [5, 5.41) is 0. The van der Waals surface area contributed by atoms with Crippen molar-refractivity contribution in [2.45, 2.75) is 24.9 Å². The van der Waals surface area contributed by atoms with Gasteiger partial charge in [-0.15, -0.1) is 23.5 Å². The lowest BCUT2D eigenvalue weighted by molar-refractivity contribution is -0.293. The highest BCUT2D eigenvalue weighted by molar-refractivity contribution is 8.38. The summed E-state index contributed by atoms with van der Waals surface area (Å²) in [6, 6.07) is 4.41. The molecule has 0 saturated carbocycles. The van der Waals surface area contributed by atoms with Crippen molar-refractivity contribution in [2.75, 3.05) is 19.1 Å². The molecule has 5 nitrogen and oxygen atoms in total. The lowest BCUT2D eigenvalue weighted by atomic mass is 10.1. The van der Waals surface area contributed by atoms with Crippen LogP contribution in [-0.2, 0) is 4.74 Å². The van der Waals surface area contributed by atoms with Crippen molar-refractivity contribution in [1.29, 1.82) is 0 Å². The fourth-order valence-electron chi connectivity index (χ4n) is 2.20. The molecule has 0 fully saturated rings. The van der Waals surface area contributed by atoms with Crippen molar-refractivity contribution in [3.8, 4) is 5.75 Å². The summed E-state index contributed by atoms with van der Waals surface area (Å²) >= 11 is 2.02. The molecule has 1 heterocycles. The van der Waals surface area contributed by atoms with E-state index in [-0.39, 0.29) is 22.3 Å². The fraction of sp³-hybridized carbons (Fsp3) is 0.438. The zero-order valence-electron chi connectivity index (χ0n) is 15.3. The Morgan fingerprint density at radius 3 is 2.17 bits per heavy atom. The van der Waals surface area contributed by atoms with Crippen LogP contribution in [0.1, 0.15) is 12.5 Å². The van der Waals surface area contributed by atoms with Gasteiger partial charge in [0.2, 0.25) is 5.90 Å².